The minimum atomic E-state index is -3.87. The third-order valence-corrected chi connectivity index (χ3v) is 4.91. The summed E-state index contributed by atoms with van der Waals surface area (Å²) in [5.41, 5.74) is 1.39. The van der Waals surface area contributed by atoms with Crippen LogP contribution in [0.15, 0.2) is 54.6 Å². The Labute approximate surface area is 177 Å². The summed E-state index contributed by atoms with van der Waals surface area (Å²) in [7, 11) is -3.87. The average Bonchev–Trinajstić information content (AvgIpc) is 2.72. The van der Waals surface area contributed by atoms with E-state index in [2.05, 4.69) is 13.2 Å². The SMILES string of the molecule is C=C(C)C(=O)OCCCOP(=O)(OCCCOC(=O)C(=C)C)OCc1ccccc1. The fourth-order valence-corrected chi connectivity index (χ4v) is 3.12. The molecule has 0 fully saturated rings. The molecule has 1 aromatic carbocycles. The number of ether oxygens (including phenoxy) is 2. The van der Waals surface area contributed by atoms with Crippen molar-refractivity contribution in [3.8, 4) is 0 Å². The largest absolute Gasteiger partial charge is 0.475 e. The van der Waals surface area contributed by atoms with Gasteiger partial charge in [-0.15, -0.1) is 0 Å². The molecule has 0 heterocycles. The van der Waals surface area contributed by atoms with Gasteiger partial charge < -0.3 is 9.47 Å². The van der Waals surface area contributed by atoms with Gasteiger partial charge in [0.05, 0.1) is 33.0 Å². The standard InChI is InChI=1S/C21H29O8P/c1-17(2)20(22)25-12-8-14-27-30(24,29-16-19-10-6-5-7-11-19)28-15-9-13-26-21(23)18(3)4/h5-7,10-11H,1,3,8-9,12-16H2,2,4H3. The Morgan fingerprint density at radius 1 is 0.800 bits per heavy atom. The third kappa shape index (κ3) is 11.1. The minimum Gasteiger partial charge on any atom is -0.462 e. The second-order valence-electron chi connectivity index (χ2n) is 6.41. The molecule has 9 heteroatoms. The van der Waals surface area contributed by atoms with Crippen molar-refractivity contribution in [1.29, 1.82) is 0 Å². The zero-order valence-electron chi connectivity index (χ0n) is 17.5. The summed E-state index contributed by atoms with van der Waals surface area (Å²) in [6.45, 7) is 10.3. The maximum Gasteiger partial charge on any atom is 0.475 e. The highest BCUT2D eigenvalue weighted by molar-refractivity contribution is 7.48. The Bertz CT molecular complexity index is 720. The van der Waals surface area contributed by atoms with Crippen molar-refractivity contribution in [2.75, 3.05) is 26.4 Å². The van der Waals surface area contributed by atoms with Gasteiger partial charge in [0, 0.05) is 24.0 Å². The first-order valence-corrected chi connectivity index (χ1v) is 10.9. The topological polar surface area (TPSA) is 97.4 Å². The monoisotopic (exact) mass is 440 g/mol. The van der Waals surface area contributed by atoms with Crippen molar-refractivity contribution in [2.24, 2.45) is 0 Å². The maximum absolute atomic E-state index is 12.9. The van der Waals surface area contributed by atoms with E-state index >= 15 is 0 Å². The van der Waals surface area contributed by atoms with Crippen LogP contribution in [0, 0.1) is 0 Å². The Kier molecular flexibility index (Phi) is 11.9. The zero-order valence-corrected chi connectivity index (χ0v) is 18.4. The molecule has 0 atom stereocenters. The van der Waals surface area contributed by atoms with Crippen LogP contribution in [0.5, 0.6) is 0 Å². The number of hydrogen-bond acceptors (Lipinski definition) is 8. The van der Waals surface area contributed by atoms with Gasteiger partial charge in [0.25, 0.3) is 0 Å². The highest BCUT2D eigenvalue weighted by Crippen LogP contribution is 2.50. The normalized spacial score (nSPS) is 11.0. The molecule has 0 aliphatic heterocycles. The van der Waals surface area contributed by atoms with Crippen LogP contribution in [0.3, 0.4) is 0 Å². The molecule has 0 amide bonds. The van der Waals surface area contributed by atoms with Gasteiger partial charge in [-0.3, -0.25) is 13.6 Å². The van der Waals surface area contributed by atoms with Gasteiger partial charge in [0.2, 0.25) is 0 Å². The molecule has 0 aliphatic carbocycles. The molecule has 8 nitrogen and oxygen atoms in total. The minimum absolute atomic E-state index is 0.000181. The molecule has 1 rings (SSSR count). The molecule has 0 spiro atoms. The van der Waals surface area contributed by atoms with Crippen molar-refractivity contribution in [2.45, 2.75) is 33.3 Å². The van der Waals surface area contributed by atoms with E-state index in [0.29, 0.717) is 24.0 Å². The summed E-state index contributed by atoms with van der Waals surface area (Å²) in [6.07, 6.45) is 0.606. The van der Waals surface area contributed by atoms with Crippen LogP contribution < -0.4 is 0 Å². The molecule has 0 saturated carbocycles. The Balaban J connectivity index is 2.48. The van der Waals surface area contributed by atoms with Crippen molar-refractivity contribution in [3.63, 3.8) is 0 Å². The lowest BCUT2D eigenvalue weighted by Gasteiger charge is -2.18. The van der Waals surface area contributed by atoms with Crippen molar-refractivity contribution < 1.29 is 37.2 Å². The number of benzene rings is 1. The second-order valence-corrected chi connectivity index (χ2v) is 8.08. The number of carbonyl (C=O) groups excluding carboxylic acids is 2. The molecular formula is C21H29O8P. The summed E-state index contributed by atoms with van der Waals surface area (Å²) in [6, 6.07) is 9.15. The van der Waals surface area contributed by atoms with E-state index in [1.165, 1.54) is 0 Å². The fraction of sp³-hybridized carbons (Fsp3) is 0.429. The van der Waals surface area contributed by atoms with Gasteiger partial charge in [-0.25, -0.2) is 14.2 Å². The van der Waals surface area contributed by atoms with Crippen LogP contribution in [0.25, 0.3) is 0 Å². The molecule has 0 aliphatic rings. The van der Waals surface area contributed by atoms with E-state index in [0.717, 1.165) is 5.56 Å². The number of phosphoric acid groups is 1. The quantitative estimate of drug-likeness (QED) is 0.172. The predicted molar refractivity (Wildman–Crippen MR) is 112 cm³/mol. The van der Waals surface area contributed by atoms with E-state index in [1.807, 2.05) is 30.3 Å². The molecule has 0 unspecified atom stereocenters. The molecule has 30 heavy (non-hydrogen) atoms. The molecule has 0 N–H and O–H groups in total. The first kappa shape index (κ1) is 25.8. The number of phosphoric ester groups is 1. The van der Waals surface area contributed by atoms with Crippen LogP contribution in [-0.4, -0.2) is 38.4 Å². The molecule has 0 aromatic heterocycles. The van der Waals surface area contributed by atoms with E-state index in [9.17, 15) is 14.2 Å². The van der Waals surface area contributed by atoms with Crippen molar-refractivity contribution in [1.82, 2.24) is 0 Å². The molecule has 0 radical (unpaired) electrons. The zero-order chi connectivity index (χ0) is 22.4. The fourth-order valence-electron chi connectivity index (χ4n) is 1.89. The van der Waals surface area contributed by atoms with Crippen LogP contribution in [-0.2, 0) is 43.8 Å². The summed E-state index contributed by atoms with van der Waals surface area (Å²) >= 11 is 0. The second kappa shape index (κ2) is 13.9. The van der Waals surface area contributed by atoms with Gasteiger partial charge in [-0.05, 0) is 19.4 Å². The van der Waals surface area contributed by atoms with E-state index in [-0.39, 0.29) is 33.0 Å². The van der Waals surface area contributed by atoms with Gasteiger partial charge in [-0.1, -0.05) is 43.5 Å². The van der Waals surface area contributed by atoms with Crippen LogP contribution >= 0.6 is 7.82 Å². The number of rotatable bonds is 15. The summed E-state index contributed by atoms with van der Waals surface area (Å²) in [5.74, 6) is -1.00. The van der Waals surface area contributed by atoms with Crippen LogP contribution in [0.2, 0.25) is 0 Å². The van der Waals surface area contributed by atoms with Gasteiger partial charge in [0.1, 0.15) is 0 Å². The summed E-state index contributed by atoms with van der Waals surface area (Å²) in [5, 5.41) is 0. The van der Waals surface area contributed by atoms with Crippen LogP contribution in [0.1, 0.15) is 32.3 Å². The Hall–Kier alpha value is -2.25. The lowest BCUT2D eigenvalue weighted by atomic mass is 10.2. The number of hydrogen-bond donors (Lipinski definition) is 0. The summed E-state index contributed by atoms with van der Waals surface area (Å²) < 4.78 is 38.9. The van der Waals surface area contributed by atoms with E-state index < -0.39 is 19.8 Å². The van der Waals surface area contributed by atoms with Gasteiger partial charge in [0.15, 0.2) is 0 Å². The average molecular weight is 440 g/mol. The smallest absolute Gasteiger partial charge is 0.462 e. The summed E-state index contributed by atoms with van der Waals surface area (Å²) in [4.78, 5) is 22.7. The van der Waals surface area contributed by atoms with Crippen molar-refractivity contribution >= 4 is 19.8 Å². The van der Waals surface area contributed by atoms with E-state index in [1.54, 1.807) is 13.8 Å². The molecule has 1 aromatic rings. The highest BCUT2D eigenvalue weighted by Gasteiger charge is 2.26. The van der Waals surface area contributed by atoms with Crippen molar-refractivity contribution in [3.05, 3.63) is 60.2 Å². The highest BCUT2D eigenvalue weighted by atomic mass is 31.2. The number of carbonyl (C=O) groups is 2. The number of esters is 2. The van der Waals surface area contributed by atoms with Gasteiger partial charge >= 0.3 is 19.8 Å². The lowest BCUT2D eigenvalue weighted by Crippen LogP contribution is -2.10. The lowest BCUT2D eigenvalue weighted by molar-refractivity contribution is -0.140. The predicted octanol–water partition coefficient (Wildman–Crippen LogP) is 4.36. The molecular weight excluding hydrogens is 411 g/mol. The Morgan fingerprint density at radius 3 is 1.70 bits per heavy atom. The molecule has 0 bridgehead atoms. The molecule has 166 valence electrons. The first-order valence-electron chi connectivity index (χ1n) is 9.46. The first-order chi connectivity index (χ1) is 14.2. The molecule has 0 saturated heterocycles. The van der Waals surface area contributed by atoms with E-state index in [4.69, 9.17) is 23.0 Å². The Morgan fingerprint density at radius 2 is 1.27 bits per heavy atom. The van der Waals surface area contributed by atoms with Gasteiger partial charge in [-0.2, -0.15) is 0 Å². The third-order valence-electron chi connectivity index (χ3n) is 3.47. The maximum atomic E-state index is 12.9. The van der Waals surface area contributed by atoms with Crippen LogP contribution in [0.4, 0.5) is 0 Å².